The summed E-state index contributed by atoms with van der Waals surface area (Å²) in [6, 6.07) is 0. The lowest BCUT2D eigenvalue weighted by Crippen LogP contribution is -2.32. The van der Waals surface area contributed by atoms with E-state index in [4.69, 9.17) is 11.6 Å². The molecule has 0 saturated carbocycles. The molecule has 21 heavy (non-hydrogen) atoms. The number of likely N-dealkylation sites (N-methyl/N-ethyl adjacent to an activating group) is 1. The number of nitrogens with zero attached hydrogens (tertiary/aromatic N) is 1. The Hall–Kier alpha value is 0.210. The van der Waals surface area contributed by atoms with Crippen molar-refractivity contribution in [1.82, 2.24) is 4.90 Å². The molecule has 2 atom stereocenters. The van der Waals surface area contributed by atoms with E-state index < -0.39 is 0 Å². The Kier molecular flexibility index (Phi) is 15.3. The molecule has 0 aromatic carbocycles. The first kappa shape index (κ1) is 21.2. The quantitative estimate of drug-likeness (QED) is 0.330. The maximum atomic E-state index is 9.42. The second-order valence-electron chi connectivity index (χ2n) is 6.39. The van der Waals surface area contributed by atoms with E-state index in [0.29, 0.717) is 5.38 Å². The molecule has 0 aliphatic heterocycles. The van der Waals surface area contributed by atoms with Crippen molar-refractivity contribution in [2.45, 2.75) is 96.5 Å². The Morgan fingerprint density at radius 2 is 1.48 bits per heavy atom. The van der Waals surface area contributed by atoms with Gasteiger partial charge in [-0.25, -0.2) is 0 Å². The van der Waals surface area contributed by atoms with Gasteiger partial charge in [-0.15, -0.1) is 11.6 Å². The molecule has 0 aliphatic carbocycles. The molecular formula is C18H38ClNO. The van der Waals surface area contributed by atoms with Gasteiger partial charge in [0.1, 0.15) is 0 Å². The largest absolute Gasteiger partial charge is 0.392 e. The van der Waals surface area contributed by atoms with Crippen LogP contribution in [0.15, 0.2) is 0 Å². The zero-order valence-electron chi connectivity index (χ0n) is 14.6. The predicted molar refractivity (Wildman–Crippen MR) is 95.3 cm³/mol. The van der Waals surface area contributed by atoms with E-state index in [2.05, 4.69) is 18.7 Å². The number of halogens is 1. The van der Waals surface area contributed by atoms with Crippen molar-refractivity contribution in [3.63, 3.8) is 0 Å². The Balaban J connectivity index is 3.42. The van der Waals surface area contributed by atoms with E-state index in [1.807, 2.05) is 6.92 Å². The van der Waals surface area contributed by atoms with Crippen LogP contribution in [0.3, 0.4) is 0 Å². The van der Waals surface area contributed by atoms with Crippen LogP contribution in [-0.2, 0) is 0 Å². The van der Waals surface area contributed by atoms with Gasteiger partial charge in [-0.1, -0.05) is 65.2 Å². The summed E-state index contributed by atoms with van der Waals surface area (Å²) in [7, 11) is 0. The van der Waals surface area contributed by atoms with Crippen molar-refractivity contribution >= 4 is 11.6 Å². The van der Waals surface area contributed by atoms with Gasteiger partial charge in [-0.3, -0.25) is 0 Å². The van der Waals surface area contributed by atoms with Gasteiger partial charge >= 0.3 is 0 Å². The summed E-state index contributed by atoms with van der Waals surface area (Å²) in [6.07, 6.45) is 12.8. The monoisotopic (exact) mass is 319 g/mol. The lowest BCUT2D eigenvalue weighted by Gasteiger charge is -2.23. The topological polar surface area (TPSA) is 23.5 Å². The molecule has 0 rings (SSSR count). The number of aliphatic hydroxyl groups excluding tert-OH is 1. The van der Waals surface area contributed by atoms with Crippen LogP contribution in [0.25, 0.3) is 0 Å². The Morgan fingerprint density at radius 1 is 0.905 bits per heavy atom. The van der Waals surface area contributed by atoms with Gasteiger partial charge < -0.3 is 10.0 Å². The zero-order chi connectivity index (χ0) is 15.9. The van der Waals surface area contributed by atoms with Crippen molar-refractivity contribution in [3.8, 4) is 0 Å². The number of alkyl halides is 1. The van der Waals surface area contributed by atoms with E-state index in [1.54, 1.807) is 0 Å². The highest BCUT2D eigenvalue weighted by atomic mass is 35.5. The first-order valence-corrected chi connectivity index (χ1v) is 9.58. The van der Waals surface area contributed by atoms with E-state index >= 15 is 0 Å². The molecule has 0 spiro atoms. The Morgan fingerprint density at radius 3 is 2.00 bits per heavy atom. The lowest BCUT2D eigenvalue weighted by atomic mass is 10.1. The van der Waals surface area contributed by atoms with E-state index in [-0.39, 0.29) is 6.10 Å². The van der Waals surface area contributed by atoms with Crippen LogP contribution in [0.5, 0.6) is 0 Å². The van der Waals surface area contributed by atoms with Crippen LogP contribution in [0.1, 0.15) is 85.0 Å². The average molecular weight is 320 g/mol. The summed E-state index contributed by atoms with van der Waals surface area (Å²) >= 11 is 6.41. The third kappa shape index (κ3) is 14.9. The third-order valence-corrected chi connectivity index (χ3v) is 4.54. The van der Waals surface area contributed by atoms with Gasteiger partial charge in [0.05, 0.1) is 6.10 Å². The fourth-order valence-corrected chi connectivity index (χ4v) is 2.97. The molecule has 0 aromatic rings. The number of unbranched alkanes of at least 4 members (excludes halogenated alkanes) is 7. The van der Waals surface area contributed by atoms with Gasteiger partial charge in [0.2, 0.25) is 0 Å². The number of aliphatic hydroxyl groups is 1. The van der Waals surface area contributed by atoms with Crippen LogP contribution in [0, 0.1) is 0 Å². The van der Waals surface area contributed by atoms with Crippen molar-refractivity contribution in [1.29, 1.82) is 0 Å². The minimum atomic E-state index is -0.244. The van der Waals surface area contributed by atoms with E-state index in [9.17, 15) is 5.11 Å². The van der Waals surface area contributed by atoms with Crippen LogP contribution >= 0.6 is 11.6 Å². The van der Waals surface area contributed by atoms with Crippen LogP contribution in [0.4, 0.5) is 0 Å². The fourth-order valence-electron chi connectivity index (χ4n) is 2.72. The van der Waals surface area contributed by atoms with Crippen molar-refractivity contribution < 1.29 is 5.11 Å². The normalized spacial score (nSPS) is 14.6. The molecule has 128 valence electrons. The number of rotatable bonds is 15. The van der Waals surface area contributed by atoms with Crippen molar-refractivity contribution in [2.75, 3.05) is 19.6 Å². The average Bonchev–Trinajstić information content (AvgIpc) is 2.45. The summed E-state index contributed by atoms with van der Waals surface area (Å²) in [5, 5.41) is 9.72. The molecule has 0 aromatic heterocycles. The lowest BCUT2D eigenvalue weighted by molar-refractivity contribution is 0.128. The van der Waals surface area contributed by atoms with Crippen molar-refractivity contribution in [3.05, 3.63) is 0 Å². The van der Waals surface area contributed by atoms with Crippen LogP contribution in [-0.4, -0.2) is 41.1 Å². The Bertz CT molecular complexity index is 211. The van der Waals surface area contributed by atoms with Crippen LogP contribution in [0.2, 0.25) is 0 Å². The minimum Gasteiger partial charge on any atom is -0.392 e. The smallest absolute Gasteiger partial charge is 0.0639 e. The molecule has 2 unspecified atom stereocenters. The highest BCUT2D eigenvalue weighted by Gasteiger charge is 2.10. The highest BCUT2D eigenvalue weighted by Crippen LogP contribution is 2.15. The Labute approximate surface area is 138 Å². The van der Waals surface area contributed by atoms with Gasteiger partial charge in [0, 0.05) is 11.9 Å². The molecule has 0 saturated heterocycles. The first-order chi connectivity index (χ1) is 10.1. The SMILES string of the molecule is CCCCCCCCCCC(Cl)CCN(CC)CC(C)O. The maximum Gasteiger partial charge on any atom is 0.0639 e. The summed E-state index contributed by atoms with van der Waals surface area (Å²) < 4.78 is 0. The third-order valence-electron chi connectivity index (χ3n) is 4.10. The first-order valence-electron chi connectivity index (χ1n) is 9.14. The van der Waals surface area contributed by atoms with Gasteiger partial charge in [-0.2, -0.15) is 0 Å². The maximum absolute atomic E-state index is 9.42. The van der Waals surface area contributed by atoms with Gasteiger partial charge in [0.25, 0.3) is 0 Å². The molecule has 0 heterocycles. The molecule has 0 aliphatic rings. The highest BCUT2D eigenvalue weighted by molar-refractivity contribution is 6.20. The molecule has 0 bridgehead atoms. The van der Waals surface area contributed by atoms with Crippen LogP contribution < -0.4 is 0 Å². The fraction of sp³-hybridized carbons (Fsp3) is 1.00. The number of hydrogen-bond acceptors (Lipinski definition) is 2. The zero-order valence-corrected chi connectivity index (χ0v) is 15.4. The summed E-state index contributed by atoms with van der Waals surface area (Å²) in [5.74, 6) is 0. The minimum absolute atomic E-state index is 0.244. The van der Waals surface area contributed by atoms with Crippen molar-refractivity contribution in [2.24, 2.45) is 0 Å². The standard InChI is InChI=1S/C18H38ClNO/c1-4-6-7-8-9-10-11-12-13-18(19)14-15-20(5-2)16-17(3)21/h17-18,21H,4-16H2,1-3H3. The van der Waals surface area contributed by atoms with E-state index in [1.165, 1.54) is 51.4 Å². The van der Waals surface area contributed by atoms with Gasteiger partial charge in [0.15, 0.2) is 0 Å². The molecule has 0 fully saturated rings. The summed E-state index contributed by atoms with van der Waals surface area (Å²) in [5.41, 5.74) is 0. The molecule has 2 nitrogen and oxygen atoms in total. The molecular weight excluding hydrogens is 282 g/mol. The molecule has 1 N–H and O–H groups in total. The summed E-state index contributed by atoms with van der Waals surface area (Å²) in [4.78, 5) is 2.29. The predicted octanol–water partition coefficient (Wildman–Crippen LogP) is 5.22. The second-order valence-corrected chi connectivity index (χ2v) is 7.01. The molecule has 0 radical (unpaired) electrons. The summed E-state index contributed by atoms with van der Waals surface area (Å²) in [6.45, 7) is 9.02. The number of hydrogen-bond donors (Lipinski definition) is 1. The molecule has 3 heteroatoms. The molecule has 0 amide bonds. The van der Waals surface area contributed by atoms with Gasteiger partial charge in [-0.05, 0) is 32.9 Å². The second kappa shape index (κ2) is 15.1. The van der Waals surface area contributed by atoms with E-state index in [0.717, 1.165) is 32.5 Å².